The largest absolute Gasteiger partial charge is 0.378 e. The lowest BCUT2D eigenvalue weighted by Crippen LogP contribution is -2.50. The number of rotatable bonds is 4. The van der Waals surface area contributed by atoms with E-state index in [4.69, 9.17) is 4.74 Å². The Bertz CT molecular complexity index is 402. The van der Waals surface area contributed by atoms with E-state index in [2.05, 4.69) is 27.1 Å². The molecule has 0 bridgehead atoms. The molecule has 2 N–H and O–H groups in total. The Kier molecular flexibility index (Phi) is 5.27. The van der Waals surface area contributed by atoms with Crippen LogP contribution >= 0.6 is 0 Å². The number of imidazole rings is 1. The lowest BCUT2D eigenvalue weighted by atomic mass is 9.91. The Morgan fingerprint density at radius 1 is 1.33 bits per heavy atom. The van der Waals surface area contributed by atoms with Crippen molar-refractivity contribution in [2.75, 3.05) is 32.8 Å². The molecule has 1 aromatic rings. The molecule has 1 saturated carbocycles. The zero-order valence-electron chi connectivity index (χ0n) is 13.1. The monoisotopic (exact) mass is 292 g/mol. The number of H-pyrrole nitrogens is 1. The summed E-state index contributed by atoms with van der Waals surface area (Å²) in [6.45, 7) is 7.43. The maximum absolute atomic E-state index is 5.95. The minimum Gasteiger partial charge on any atom is -0.378 e. The molecule has 1 aromatic heterocycles. The molecular weight excluding hydrogens is 264 g/mol. The van der Waals surface area contributed by atoms with Gasteiger partial charge in [0.05, 0.1) is 6.10 Å². The zero-order chi connectivity index (χ0) is 14.5. The van der Waals surface area contributed by atoms with E-state index in [1.165, 1.54) is 19.3 Å². The van der Waals surface area contributed by atoms with Crippen LogP contribution in [0.3, 0.4) is 0 Å². The fourth-order valence-corrected chi connectivity index (χ4v) is 3.93. The molecule has 0 radical (unpaired) electrons. The fraction of sp³-hybridized carbons (Fsp3) is 0.812. The number of ether oxygens (including phenoxy) is 1. The molecule has 2 aliphatic rings. The van der Waals surface area contributed by atoms with Crippen LogP contribution in [0.4, 0.5) is 0 Å². The van der Waals surface area contributed by atoms with Crippen LogP contribution in [0.25, 0.3) is 0 Å². The number of piperazine rings is 1. The van der Waals surface area contributed by atoms with Gasteiger partial charge in [-0.15, -0.1) is 0 Å². The number of aromatic nitrogens is 2. The highest BCUT2D eigenvalue weighted by Gasteiger charge is 2.35. The number of aromatic amines is 1. The molecule has 3 rings (SSSR count). The Morgan fingerprint density at radius 3 is 2.90 bits per heavy atom. The summed E-state index contributed by atoms with van der Waals surface area (Å²) in [5.74, 6) is 1.61. The Labute approximate surface area is 127 Å². The number of hydrogen-bond acceptors (Lipinski definition) is 4. The van der Waals surface area contributed by atoms with Gasteiger partial charge in [0.25, 0.3) is 0 Å². The Balaban J connectivity index is 1.78. The summed E-state index contributed by atoms with van der Waals surface area (Å²) in [6, 6.07) is 0.601. The van der Waals surface area contributed by atoms with Gasteiger partial charge in [-0.05, 0) is 32.6 Å². The average molecular weight is 292 g/mol. The fourth-order valence-electron chi connectivity index (χ4n) is 3.93. The second-order valence-electron chi connectivity index (χ2n) is 6.18. The molecule has 3 unspecified atom stereocenters. The highest BCUT2D eigenvalue weighted by molar-refractivity contribution is 5.05. The van der Waals surface area contributed by atoms with Gasteiger partial charge in [0.1, 0.15) is 5.82 Å². The standard InChI is InChI=1S/C16H28N4O/c1-2-21-13-4-3-5-15(20-10-8-17-9-11-20)14(12-13)16-18-6-7-19-16/h6-7,13-15,17H,2-5,8-12H2,1H3,(H,18,19). The molecule has 0 amide bonds. The van der Waals surface area contributed by atoms with Crippen LogP contribution in [-0.4, -0.2) is 59.8 Å². The molecule has 1 aliphatic carbocycles. The first-order chi connectivity index (χ1) is 10.4. The summed E-state index contributed by atoms with van der Waals surface area (Å²) in [5.41, 5.74) is 0. The van der Waals surface area contributed by atoms with Crippen LogP contribution in [-0.2, 0) is 4.74 Å². The summed E-state index contributed by atoms with van der Waals surface area (Å²) in [7, 11) is 0. The second kappa shape index (κ2) is 7.38. The number of nitrogens with zero attached hydrogens (tertiary/aromatic N) is 2. The van der Waals surface area contributed by atoms with Crippen LogP contribution < -0.4 is 5.32 Å². The quantitative estimate of drug-likeness (QED) is 0.830. The van der Waals surface area contributed by atoms with Crippen LogP contribution in [0.2, 0.25) is 0 Å². The van der Waals surface area contributed by atoms with Gasteiger partial charge >= 0.3 is 0 Å². The highest BCUT2D eigenvalue weighted by atomic mass is 16.5. The van der Waals surface area contributed by atoms with Gasteiger partial charge < -0.3 is 15.0 Å². The van der Waals surface area contributed by atoms with Crippen LogP contribution in [0.5, 0.6) is 0 Å². The van der Waals surface area contributed by atoms with Gasteiger partial charge in [-0.1, -0.05) is 0 Å². The van der Waals surface area contributed by atoms with Crippen molar-refractivity contribution in [3.8, 4) is 0 Å². The molecule has 1 aliphatic heterocycles. The summed E-state index contributed by atoms with van der Waals surface area (Å²) < 4.78 is 5.95. The topological polar surface area (TPSA) is 53.2 Å². The van der Waals surface area contributed by atoms with Crippen LogP contribution in [0.1, 0.15) is 44.3 Å². The Hall–Kier alpha value is -0.910. The van der Waals surface area contributed by atoms with Crippen molar-refractivity contribution in [1.82, 2.24) is 20.2 Å². The van der Waals surface area contributed by atoms with Crippen molar-refractivity contribution >= 4 is 0 Å². The van der Waals surface area contributed by atoms with Gasteiger partial charge in [-0.25, -0.2) is 4.98 Å². The van der Waals surface area contributed by atoms with Gasteiger partial charge in [0, 0.05) is 57.1 Å². The molecule has 21 heavy (non-hydrogen) atoms. The maximum Gasteiger partial charge on any atom is 0.110 e. The third-order valence-electron chi connectivity index (χ3n) is 4.90. The van der Waals surface area contributed by atoms with Crippen LogP contribution in [0.15, 0.2) is 12.4 Å². The molecule has 1 saturated heterocycles. The van der Waals surface area contributed by atoms with Crippen molar-refractivity contribution < 1.29 is 4.74 Å². The lowest BCUT2D eigenvalue weighted by molar-refractivity contribution is 0.0440. The van der Waals surface area contributed by atoms with E-state index >= 15 is 0 Å². The van der Waals surface area contributed by atoms with E-state index in [1.807, 2.05) is 12.4 Å². The maximum atomic E-state index is 5.95. The van der Waals surface area contributed by atoms with E-state index in [0.717, 1.165) is 45.0 Å². The molecule has 3 atom stereocenters. The van der Waals surface area contributed by atoms with Crippen molar-refractivity contribution in [1.29, 1.82) is 0 Å². The normalized spacial score (nSPS) is 32.0. The first-order valence-electron chi connectivity index (χ1n) is 8.44. The van der Waals surface area contributed by atoms with Gasteiger partial charge in [0.2, 0.25) is 0 Å². The van der Waals surface area contributed by atoms with Crippen LogP contribution in [0, 0.1) is 0 Å². The molecule has 0 aromatic carbocycles. The van der Waals surface area contributed by atoms with Crippen molar-refractivity contribution in [3.63, 3.8) is 0 Å². The Morgan fingerprint density at radius 2 is 2.19 bits per heavy atom. The molecule has 5 nitrogen and oxygen atoms in total. The minimum absolute atomic E-state index is 0.387. The molecule has 0 spiro atoms. The summed E-state index contributed by atoms with van der Waals surface area (Å²) in [4.78, 5) is 10.6. The number of hydrogen-bond donors (Lipinski definition) is 2. The predicted octanol–water partition coefficient (Wildman–Crippen LogP) is 1.75. The molecule has 118 valence electrons. The van der Waals surface area contributed by atoms with Gasteiger partial charge in [0.15, 0.2) is 0 Å². The first-order valence-corrected chi connectivity index (χ1v) is 8.44. The zero-order valence-corrected chi connectivity index (χ0v) is 13.1. The van der Waals surface area contributed by atoms with Gasteiger partial charge in [-0.3, -0.25) is 4.90 Å². The average Bonchev–Trinajstić information content (AvgIpc) is 2.97. The van der Waals surface area contributed by atoms with Crippen molar-refractivity contribution in [2.24, 2.45) is 0 Å². The molecular formula is C16H28N4O. The molecule has 2 fully saturated rings. The minimum atomic E-state index is 0.387. The number of nitrogens with one attached hydrogen (secondary N) is 2. The third-order valence-corrected chi connectivity index (χ3v) is 4.90. The van der Waals surface area contributed by atoms with Crippen molar-refractivity contribution in [2.45, 2.75) is 50.7 Å². The first kappa shape index (κ1) is 15.0. The van der Waals surface area contributed by atoms with E-state index in [0.29, 0.717) is 18.1 Å². The smallest absolute Gasteiger partial charge is 0.110 e. The van der Waals surface area contributed by atoms with Gasteiger partial charge in [-0.2, -0.15) is 0 Å². The van der Waals surface area contributed by atoms with E-state index in [9.17, 15) is 0 Å². The van der Waals surface area contributed by atoms with E-state index in [-0.39, 0.29) is 0 Å². The molecule has 5 heteroatoms. The summed E-state index contributed by atoms with van der Waals surface area (Å²) >= 11 is 0. The summed E-state index contributed by atoms with van der Waals surface area (Å²) in [6.07, 6.45) is 9.02. The summed E-state index contributed by atoms with van der Waals surface area (Å²) in [5, 5.41) is 3.46. The SMILES string of the molecule is CCOC1CCCC(N2CCNCC2)C(c2ncc[nH]2)C1. The molecule has 2 heterocycles. The second-order valence-corrected chi connectivity index (χ2v) is 6.18. The van der Waals surface area contributed by atoms with E-state index in [1.54, 1.807) is 0 Å². The third kappa shape index (κ3) is 3.65. The van der Waals surface area contributed by atoms with E-state index < -0.39 is 0 Å². The lowest BCUT2D eigenvalue weighted by Gasteiger charge is -2.38. The predicted molar refractivity (Wildman–Crippen MR) is 83.4 cm³/mol. The van der Waals surface area contributed by atoms with Crippen molar-refractivity contribution in [3.05, 3.63) is 18.2 Å². The highest BCUT2D eigenvalue weighted by Crippen LogP contribution is 2.35.